The molecular formula is C16H13FN4O3. The first-order valence-corrected chi connectivity index (χ1v) is 7.04. The molecule has 0 unspecified atom stereocenters. The molecule has 0 aliphatic heterocycles. The fraction of sp³-hybridized carbons (Fsp3) is 0.125. The number of carboxylic acids is 1. The van der Waals surface area contributed by atoms with E-state index in [1.54, 1.807) is 24.1 Å². The standard InChI is InChI=1S/C16H13FN4O3/c1-20-9-11(8-18-20)21-6-5-14(22)13(19-21)7-10-3-2-4-12(15(10)17)16(23)24/h2-6,8-9H,7H2,1H3,(H,23,24). The number of hydrogen-bond acceptors (Lipinski definition) is 4. The lowest BCUT2D eigenvalue weighted by Crippen LogP contribution is -2.17. The van der Waals surface area contributed by atoms with Crippen LogP contribution in [0.4, 0.5) is 4.39 Å². The van der Waals surface area contributed by atoms with Crippen molar-refractivity contribution in [2.75, 3.05) is 0 Å². The Labute approximate surface area is 135 Å². The molecule has 1 N–H and O–H groups in total. The molecule has 0 spiro atoms. The van der Waals surface area contributed by atoms with E-state index in [0.717, 1.165) is 0 Å². The number of carbonyl (C=O) groups is 1. The number of aromatic carboxylic acids is 1. The number of aromatic nitrogens is 4. The van der Waals surface area contributed by atoms with Gasteiger partial charge in [-0.25, -0.2) is 13.9 Å². The third-order valence-electron chi connectivity index (χ3n) is 3.50. The molecule has 3 aromatic rings. The monoisotopic (exact) mass is 328 g/mol. The summed E-state index contributed by atoms with van der Waals surface area (Å²) in [6, 6.07) is 5.37. The van der Waals surface area contributed by atoms with Gasteiger partial charge in [-0.2, -0.15) is 10.2 Å². The summed E-state index contributed by atoms with van der Waals surface area (Å²) in [4.78, 5) is 23.0. The summed E-state index contributed by atoms with van der Waals surface area (Å²) in [6.45, 7) is 0. The smallest absolute Gasteiger partial charge is 0.338 e. The molecule has 0 amide bonds. The summed E-state index contributed by atoms with van der Waals surface area (Å²) in [7, 11) is 1.75. The Kier molecular flexibility index (Phi) is 3.95. The molecule has 2 heterocycles. The number of carboxylic acid groups (broad SMARTS) is 1. The summed E-state index contributed by atoms with van der Waals surface area (Å²) in [5.41, 5.74) is 0.0796. The number of rotatable bonds is 4. The molecule has 7 nitrogen and oxygen atoms in total. The average molecular weight is 328 g/mol. The lowest BCUT2D eigenvalue weighted by atomic mass is 10.0. The van der Waals surface area contributed by atoms with E-state index in [1.165, 1.54) is 35.1 Å². The van der Waals surface area contributed by atoms with Crippen LogP contribution in [-0.2, 0) is 13.5 Å². The maximum Gasteiger partial charge on any atom is 0.338 e. The quantitative estimate of drug-likeness (QED) is 0.782. The van der Waals surface area contributed by atoms with Gasteiger partial charge >= 0.3 is 5.97 Å². The van der Waals surface area contributed by atoms with Crippen LogP contribution >= 0.6 is 0 Å². The third kappa shape index (κ3) is 2.94. The van der Waals surface area contributed by atoms with Crippen molar-refractivity contribution >= 4 is 5.97 Å². The van der Waals surface area contributed by atoms with E-state index in [9.17, 15) is 14.0 Å². The van der Waals surface area contributed by atoms with Gasteiger partial charge in [0.25, 0.3) is 0 Å². The molecular weight excluding hydrogens is 315 g/mol. The highest BCUT2D eigenvalue weighted by atomic mass is 19.1. The fourth-order valence-electron chi connectivity index (χ4n) is 2.30. The van der Waals surface area contributed by atoms with E-state index < -0.39 is 17.3 Å². The zero-order chi connectivity index (χ0) is 17.3. The first-order chi connectivity index (χ1) is 11.5. The van der Waals surface area contributed by atoms with E-state index in [0.29, 0.717) is 5.69 Å². The van der Waals surface area contributed by atoms with Crippen molar-refractivity contribution in [1.29, 1.82) is 0 Å². The van der Waals surface area contributed by atoms with Crippen LogP contribution in [0, 0.1) is 5.82 Å². The highest BCUT2D eigenvalue weighted by Crippen LogP contribution is 2.15. The van der Waals surface area contributed by atoms with Crippen LogP contribution in [0.3, 0.4) is 0 Å². The van der Waals surface area contributed by atoms with Crippen LogP contribution in [0.25, 0.3) is 5.69 Å². The van der Waals surface area contributed by atoms with Crippen molar-refractivity contribution in [2.45, 2.75) is 6.42 Å². The van der Waals surface area contributed by atoms with Crippen molar-refractivity contribution in [3.05, 3.63) is 75.7 Å². The Morgan fingerprint density at radius 3 is 2.79 bits per heavy atom. The topological polar surface area (TPSA) is 90.0 Å². The van der Waals surface area contributed by atoms with Gasteiger partial charge in [0.05, 0.1) is 18.0 Å². The molecule has 0 radical (unpaired) electrons. The molecule has 0 atom stereocenters. The Balaban J connectivity index is 2.00. The van der Waals surface area contributed by atoms with E-state index in [4.69, 9.17) is 5.11 Å². The normalized spacial score (nSPS) is 10.8. The largest absolute Gasteiger partial charge is 0.478 e. The molecule has 0 bridgehead atoms. The predicted molar refractivity (Wildman–Crippen MR) is 82.8 cm³/mol. The molecule has 0 fully saturated rings. The summed E-state index contributed by atoms with van der Waals surface area (Å²) >= 11 is 0. The van der Waals surface area contributed by atoms with Crippen molar-refractivity contribution in [2.24, 2.45) is 7.05 Å². The summed E-state index contributed by atoms with van der Waals surface area (Å²) < 4.78 is 17.3. The van der Waals surface area contributed by atoms with E-state index >= 15 is 0 Å². The predicted octanol–water partition coefficient (Wildman–Crippen LogP) is 1.39. The maximum absolute atomic E-state index is 14.2. The van der Waals surface area contributed by atoms with Gasteiger partial charge < -0.3 is 5.11 Å². The lowest BCUT2D eigenvalue weighted by molar-refractivity contribution is 0.0691. The van der Waals surface area contributed by atoms with E-state index in [-0.39, 0.29) is 23.1 Å². The van der Waals surface area contributed by atoms with Gasteiger partial charge in [-0.15, -0.1) is 0 Å². The number of benzene rings is 1. The second-order valence-electron chi connectivity index (χ2n) is 5.20. The molecule has 0 saturated heterocycles. The van der Waals surface area contributed by atoms with Crippen LogP contribution in [-0.4, -0.2) is 30.6 Å². The van der Waals surface area contributed by atoms with Crippen molar-refractivity contribution in [3.63, 3.8) is 0 Å². The van der Waals surface area contributed by atoms with Crippen molar-refractivity contribution in [3.8, 4) is 5.69 Å². The number of aryl methyl sites for hydroxylation is 1. The second-order valence-corrected chi connectivity index (χ2v) is 5.20. The summed E-state index contributed by atoms with van der Waals surface area (Å²) in [5.74, 6) is -2.22. The maximum atomic E-state index is 14.2. The molecule has 3 rings (SSSR count). The van der Waals surface area contributed by atoms with Gasteiger partial charge in [0, 0.05) is 25.7 Å². The zero-order valence-corrected chi connectivity index (χ0v) is 12.7. The minimum Gasteiger partial charge on any atom is -0.478 e. The minimum absolute atomic E-state index is 0.100. The molecule has 0 aliphatic carbocycles. The van der Waals surface area contributed by atoms with Crippen LogP contribution < -0.4 is 5.43 Å². The Bertz CT molecular complexity index is 977. The molecule has 24 heavy (non-hydrogen) atoms. The minimum atomic E-state index is -1.36. The van der Waals surface area contributed by atoms with Gasteiger partial charge in [-0.3, -0.25) is 9.48 Å². The highest BCUT2D eigenvalue weighted by Gasteiger charge is 2.16. The highest BCUT2D eigenvalue weighted by molar-refractivity contribution is 5.88. The van der Waals surface area contributed by atoms with E-state index in [1.807, 2.05) is 0 Å². The van der Waals surface area contributed by atoms with Gasteiger partial charge in [0.15, 0.2) is 0 Å². The van der Waals surface area contributed by atoms with Crippen LogP contribution in [0.2, 0.25) is 0 Å². The fourth-order valence-corrected chi connectivity index (χ4v) is 2.30. The molecule has 122 valence electrons. The van der Waals surface area contributed by atoms with Gasteiger partial charge in [0.2, 0.25) is 5.43 Å². The lowest BCUT2D eigenvalue weighted by Gasteiger charge is -2.07. The summed E-state index contributed by atoms with van der Waals surface area (Å²) in [6.07, 6.45) is 4.68. The van der Waals surface area contributed by atoms with E-state index in [2.05, 4.69) is 10.2 Å². The molecule has 8 heteroatoms. The Morgan fingerprint density at radius 1 is 1.33 bits per heavy atom. The van der Waals surface area contributed by atoms with Crippen LogP contribution in [0.1, 0.15) is 21.6 Å². The Hall–Kier alpha value is -3.29. The van der Waals surface area contributed by atoms with Crippen molar-refractivity contribution in [1.82, 2.24) is 19.6 Å². The number of halogens is 1. The SMILES string of the molecule is Cn1cc(-n2ccc(=O)c(Cc3cccc(C(=O)O)c3F)n2)cn1. The molecule has 0 aliphatic rings. The van der Waals surface area contributed by atoms with Gasteiger partial charge in [-0.1, -0.05) is 12.1 Å². The van der Waals surface area contributed by atoms with Gasteiger partial charge in [-0.05, 0) is 11.6 Å². The van der Waals surface area contributed by atoms with Crippen molar-refractivity contribution < 1.29 is 14.3 Å². The molecule has 0 saturated carbocycles. The van der Waals surface area contributed by atoms with Crippen LogP contribution in [0.15, 0.2) is 47.7 Å². The molecule has 2 aromatic heterocycles. The first kappa shape index (κ1) is 15.6. The first-order valence-electron chi connectivity index (χ1n) is 7.04. The average Bonchev–Trinajstić information content (AvgIpc) is 2.97. The zero-order valence-electron chi connectivity index (χ0n) is 12.7. The Morgan fingerprint density at radius 2 is 2.12 bits per heavy atom. The second kappa shape index (κ2) is 6.07. The number of hydrogen-bond donors (Lipinski definition) is 1. The third-order valence-corrected chi connectivity index (χ3v) is 3.50. The van der Waals surface area contributed by atoms with Crippen LogP contribution in [0.5, 0.6) is 0 Å². The summed E-state index contributed by atoms with van der Waals surface area (Å²) in [5, 5.41) is 17.2. The number of nitrogens with zero attached hydrogens (tertiary/aromatic N) is 4. The van der Waals surface area contributed by atoms with Gasteiger partial charge in [0.1, 0.15) is 17.2 Å². The molecule has 1 aromatic carbocycles.